The number of benzene rings is 1. The Morgan fingerprint density at radius 3 is 2.60 bits per heavy atom. The second kappa shape index (κ2) is 6.97. The highest BCUT2D eigenvalue weighted by Crippen LogP contribution is 2.25. The van der Waals surface area contributed by atoms with Gasteiger partial charge in [0.1, 0.15) is 11.8 Å². The van der Waals surface area contributed by atoms with E-state index in [1.807, 2.05) is 39.0 Å². The van der Waals surface area contributed by atoms with Crippen LogP contribution in [0, 0.1) is 0 Å². The molecule has 20 heavy (non-hydrogen) atoms. The SMILES string of the molecule is CCC(C)(C)NC(=O)C(C)Nc1cc(Br)cc(OC)c1. The Kier molecular flexibility index (Phi) is 5.87. The number of ether oxygens (including phenoxy) is 1. The number of anilines is 1. The van der Waals surface area contributed by atoms with E-state index >= 15 is 0 Å². The van der Waals surface area contributed by atoms with Gasteiger partial charge in [-0.25, -0.2) is 0 Å². The van der Waals surface area contributed by atoms with E-state index in [-0.39, 0.29) is 17.5 Å². The van der Waals surface area contributed by atoms with Crippen molar-refractivity contribution in [1.82, 2.24) is 5.32 Å². The first-order valence-corrected chi connectivity index (χ1v) is 7.50. The number of halogens is 1. The van der Waals surface area contributed by atoms with Crippen LogP contribution in [0.1, 0.15) is 34.1 Å². The molecular formula is C15H23BrN2O2. The van der Waals surface area contributed by atoms with Gasteiger partial charge in [0.25, 0.3) is 0 Å². The quantitative estimate of drug-likeness (QED) is 0.830. The lowest BCUT2D eigenvalue weighted by atomic mass is 10.0. The van der Waals surface area contributed by atoms with Crippen molar-refractivity contribution in [1.29, 1.82) is 0 Å². The highest BCUT2D eigenvalue weighted by Gasteiger charge is 2.21. The van der Waals surface area contributed by atoms with Gasteiger partial charge in [-0.2, -0.15) is 0 Å². The van der Waals surface area contributed by atoms with Crippen molar-refractivity contribution >= 4 is 27.5 Å². The normalized spacial score (nSPS) is 12.7. The van der Waals surface area contributed by atoms with Gasteiger partial charge >= 0.3 is 0 Å². The molecule has 4 nitrogen and oxygen atoms in total. The molecule has 0 bridgehead atoms. The maximum absolute atomic E-state index is 12.1. The summed E-state index contributed by atoms with van der Waals surface area (Å²) in [5.74, 6) is 0.721. The van der Waals surface area contributed by atoms with Gasteiger partial charge in [0.2, 0.25) is 5.91 Å². The third-order valence-electron chi connectivity index (χ3n) is 3.23. The average Bonchev–Trinajstić information content (AvgIpc) is 2.37. The van der Waals surface area contributed by atoms with E-state index in [9.17, 15) is 4.79 Å². The molecule has 1 aromatic rings. The van der Waals surface area contributed by atoms with Gasteiger partial charge in [0.15, 0.2) is 0 Å². The lowest BCUT2D eigenvalue weighted by Gasteiger charge is -2.27. The largest absolute Gasteiger partial charge is 0.497 e. The van der Waals surface area contributed by atoms with Crippen LogP contribution in [0.25, 0.3) is 0 Å². The molecule has 0 aliphatic heterocycles. The Hall–Kier alpha value is -1.23. The van der Waals surface area contributed by atoms with E-state index < -0.39 is 0 Å². The Bertz CT molecular complexity index is 475. The zero-order chi connectivity index (χ0) is 15.3. The van der Waals surface area contributed by atoms with E-state index in [0.717, 1.165) is 22.3 Å². The number of carbonyl (C=O) groups is 1. The zero-order valence-electron chi connectivity index (χ0n) is 12.7. The number of nitrogens with one attached hydrogen (secondary N) is 2. The standard InChI is InChI=1S/C15H23BrN2O2/c1-6-15(3,4)18-14(19)10(2)17-12-7-11(16)8-13(9-12)20-5/h7-10,17H,6H2,1-5H3,(H,18,19). The van der Waals surface area contributed by atoms with E-state index in [0.29, 0.717) is 0 Å². The lowest BCUT2D eigenvalue weighted by molar-refractivity contribution is -0.123. The van der Waals surface area contributed by atoms with Gasteiger partial charge in [-0.05, 0) is 39.3 Å². The fraction of sp³-hybridized carbons (Fsp3) is 0.533. The molecule has 112 valence electrons. The van der Waals surface area contributed by atoms with Crippen LogP contribution in [0.2, 0.25) is 0 Å². The molecule has 0 spiro atoms. The number of carbonyl (C=O) groups excluding carboxylic acids is 1. The minimum Gasteiger partial charge on any atom is -0.497 e. The fourth-order valence-electron chi connectivity index (χ4n) is 1.61. The summed E-state index contributed by atoms with van der Waals surface area (Å²) < 4.78 is 6.11. The van der Waals surface area contributed by atoms with E-state index in [1.54, 1.807) is 7.11 Å². The molecule has 0 radical (unpaired) electrons. The molecule has 0 heterocycles. The molecule has 5 heteroatoms. The monoisotopic (exact) mass is 342 g/mol. The molecule has 0 aromatic heterocycles. The molecule has 1 amide bonds. The number of hydrogen-bond acceptors (Lipinski definition) is 3. The predicted octanol–water partition coefficient (Wildman–Crippen LogP) is 3.56. The number of amides is 1. The summed E-state index contributed by atoms with van der Waals surface area (Å²) >= 11 is 3.42. The first kappa shape index (κ1) is 16.8. The summed E-state index contributed by atoms with van der Waals surface area (Å²) in [6, 6.07) is 5.33. The van der Waals surface area contributed by atoms with E-state index in [2.05, 4.69) is 33.5 Å². The summed E-state index contributed by atoms with van der Waals surface area (Å²) in [4.78, 5) is 12.1. The summed E-state index contributed by atoms with van der Waals surface area (Å²) in [5, 5.41) is 6.21. The molecule has 1 aromatic carbocycles. The minimum atomic E-state index is -0.320. The molecule has 0 saturated carbocycles. The van der Waals surface area contributed by atoms with Crippen molar-refractivity contribution in [2.45, 2.75) is 45.7 Å². The van der Waals surface area contributed by atoms with Gasteiger partial charge in [0.05, 0.1) is 7.11 Å². The van der Waals surface area contributed by atoms with Crippen LogP contribution >= 0.6 is 15.9 Å². The second-order valence-electron chi connectivity index (χ2n) is 5.47. The number of methoxy groups -OCH3 is 1. The molecule has 0 saturated heterocycles. The molecular weight excluding hydrogens is 320 g/mol. The summed E-state index contributed by atoms with van der Waals surface area (Å²) in [6.07, 6.45) is 0.885. The molecule has 1 unspecified atom stereocenters. The zero-order valence-corrected chi connectivity index (χ0v) is 14.3. The molecule has 0 fully saturated rings. The number of hydrogen-bond donors (Lipinski definition) is 2. The molecule has 1 atom stereocenters. The lowest BCUT2D eigenvalue weighted by Crippen LogP contribution is -2.48. The average molecular weight is 343 g/mol. The highest BCUT2D eigenvalue weighted by molar-refractivity contribution is 9.10. The van der Waals surface area contributed by atoms with Crippen molar-refractivity contribution in [3.05, 3.63) is 22.7 Å². The second-order valence-corrected chi connectivity index (χ2v) is 6.39. The van der Waals surface area contributed by atoms with Crippen LogP contribution in [-0.2, 0) is 4.79 Å². The summed E-state index contributed by atoms with van der Waals surface area (Å²) in [7, 11) is 1.62. The van der Waals surface area contributed by atoms with Gasteiger partial charge in [-0.1, -0.05) is 22.9 Å². The Morgan fingerprint density at radius 2 is 2.05 bits per heavy atom. The number of rotatable bonds is 6. The van der Waals surface area contributed by atoms with Crippen molar-refractivity contribution in [2.75, 3.05) is 12.4 Å². The van der Waals surface area contributed by atoms with Crippen molar-refractivity contribution in [2.24, 2.45) is 0 Å². The van der Waals surface area contributed by atoms with Crippen LogP contribution in [0.3, 0.4) is 0 Å². The smallest absolute Gasteiger partial charge is 0.242 e. The first-order valence-electron chi connectivity index (χ1n) is 6.70. The van der Waals surface area contributed by atoms with Crippen molar-refractivity contribution in [3.8, 4) is 5.75 Å². The molecule has 0 aliphatic rings. The fourth-order valence-corrected chi connectivity index (χ4v) is 2.08. The topological polar surface area (TPSA) is 50.4 Å². The van der Waals surface area contributed by atoms with Crippen LogP contribution in [0.4, 0.5) is 5.69 Å². The van der Waals surface area contributed by atoms with Crippen LogP contribution < -0.4 is 15.4 Å². The van der Waals surface area contributed by atoms with Crippen LogP contribution in [0.15, 0.2) is 22.7 Å². The Morgan fingerprint density at radius 1 is 1.40 bits per heavy atom. The highest BCUT2D eigenvalue weighted by atomic mass is 79.9. The summed E-state index contributed by atoms with van der Waals surface area (Å²) in [6.45, 7) is 7.92. The van der Waals surface area contributed by atoms with Crippen LogP contribution in [-0.4, -0.2) is 24.6 Å². The summed E-state index contributed by atoms with van der Waals surface area (Å²) in [5.41, 5.74) is 0.648. The first-order chi connectivity index (χ1) is 9.27. The van der Waals surface area contributed by atoms with Crippen LogP contribution in [0.5, 0.6) is 5.75 Å². The predicted molar refractivity (Wildman–Crippen MR) is 86.3 cm³/mol. The van der Waals surface area contributed by atoms with E-state index in [4.69, 9.17) is 4.74 Å². The van der Waals surface area contributed by atoms with Crippen molar-refractivity contribution < 1.29 is 9.53 Å². The van der Waals surface area contributed by atoms with Gasteiger partial charge in [-0.15, -0.1) is 0 Å². The van der Waals surface area contributed by atoms with E-state index in [1.165, 1.54) is 0 Å². The van der Waals surface area contributed by atoms with Gasteiger partial charge < -0.3 is 15.4 Å². The maximum atomic E-state index is 12.1. The molecule has 1 rings (SSSR count). The maximum Gasteiger partial charge on any atom is 0.242 e. The Balaban J connectivity index is 2.73. The Labute approximate surface area is 129 Å². The van der Waals surface area contributed by atoms with Gasteiger partial charge in [-0.3, -0.25) is 4.79 Å². The third kappa shape index (κ3) is 5.04. The molecule has 0 aliphatic carbocycles. The van der Waals surface area contributed by atoms with Gasteiger partial charge in [0, 0.05) is 21.8 Å². The minimum absolute atomic E-state index is 0.0178. The third-order valence-corrected chi connectivity index (χ3v) is 3.69. The van der Waals surface area contributed by atoms with Crippen molar-refractivity contribution in [3.63, 3.8) is 0 Å². The molecule has 2 N–H and O–H groups in total.